The van der Waals surface area contributed by atoms with E-state index in [9.17, 15) is 4.79 Å². The maximum atomic E-state index is 12.8. The standard InChI is InChI=1S/C14H24N4OS/c1-9-6-5-7-18(10(9)8-15)13(19)11-12(14(2,3)4)16-17-20-11/h9-10H,5-8,15H2,1-4H3. The summed E-state index contributed by atoms with van der Waals surface area (Å²) in [5.41, 5.74) is 6.50. The first-order valence-corrected chi connectivity index (χ1v) is 7.97. The van der Waals surface area contributed by atoms with Crippen molar-refractivity contribution >= 4 is 17.4 Å². The molecule has 1 amide bonds. The molecule has 0 spiro atoms. The number of hydrogen-bond acceptors (Lipinski definition) is 5. The van der Waals surface area contributed by atoms with E-state index < -0.39 is 0 Å². The molecule has 1 fully saturated rings. The molecule has 0 aromatic carbocycles. The van der Waals surface area contributed by atoms with Gasteiger partial charge >= 0.3 is 0 Å². The fourth-order valence-electron chi connectivity index (χ4n) is 2.81. The number of nitrogens with zero attached hydrogens (tertiary/aromatic N) is 3. The second kappa shape index (κ2) is 5.77. The molecule has 0 radical (unpaired) electrons. The highest BCUT2D eigenvalue weighted by Crippen LogP contribution is 2.30. The molecule has 1 aromatic heterocycles. The molecule has 1 saturated heterocycles. The Balaban J connectivity index is 2.29. The number of aromatic nitrogens is 2. The molecule has 1 aliphatic heterocycles. The van der Waals surface area contributed by atoms with Gasteiger partial charge in [0.15, 0.2) is 0 Å². The first-order chi connectivity index (χ1) is 9.36. The molecule has 0 bridgehead atoms. The van der Waals surface area contributed by atoms with Crippen LogP contribution in [0.2, 0.25) is 0 Å². The summed E-state index contributed by atoms with van der Waals surface area (Å²) in [6.07, 6.45) is 2.18. The van der Waals surface area contributed by atoms with E-state index in [2.05, 4.69) is 37.3 Å². The molecular formula is C14H24N4OS. The van der Waals surface area contributed by atoms with Gasteiger partial charge in [-0.05, 0) is 30.3 Å². The van der Waals surface area contributed by atoms with Crippen LogP contribution in [0.15, 0.2) is 0 Å². The van der Waals surface area contributed by atoms with Crippen LogP contribution in [0.1, 0.15) is 55.9 Å². The zero-order chi connectivity index (χ0) is 14.9. The van der Waals surface area contributed by atoms with E-state index in [-0.39, 0.29) is 17.4 Å². The van der Waals surface area contributed by atoms with Gasteiger partial charge in [-0.1, -0.05) is 32.2 Å². The van der Waals surface area contributed by atoms with Crippen LogP contribution < -0.4 is 5.73 Å². The average Bonchev–Trinajstić information content (AvgIpc) is 2.86. The second-order valence-corrected chi connectivity index (χ2v) is 7.38. The largest absolute Gasteiger partial charge is 0.333 e. The smallest absolute Gasteiger partial charge is 0.267 e. The van der Waals surface area contributed by atoms with E-state index in [0.717, 1.165) is 25.1 Å². The summed E-state index contributed by atoms with van der Waals surface area (Å²) in [4.78, 5) is 15.4. The molecule has 0 saturated carbocycles. The predicted octanol–water partition coefficient (Wildman–Crippen LogP) is 2.04. The van der Waals surface area contributed by atoms with Crippen molar-refractivity contribution in [3.8, 4) is 0 Å². The maximum Gasteiger partial charge on any atom is 0.267 e. The fraction of sp³-hybridized carbons (Fsp3) is 0.786. The Morgan fingerprint density at radius 3 is 2.80 bits per heavy atom. The van der Waals surface area contributed by atoms with Gasteiger partial charge in [-0.3, -0.25) is 4.79 Å². The van der Waals surface area contributed by atoms with Crippen LogP contribution in [-0.4, -0.2) is 39.5 Å². The van der Waals surface area contributed by atoms with E-state index >= 15 is 0 Å². The number of amides is 1. The highest BCUT2D eigenvalue weighted by molar-refractivity contribution is 7.08. The highest BCUT2D eigenvalue weighted by Gasteiger charge is 2.35. The van der Waals surface area contributed by atoms with Crippen LogP contribution in [0.4, 0.5) is 0 Å². The van der Waals surface area contributed by atoms with Crippen LogP contribution in [0.5, 0.6) is 0 Å². The maximum absolute atomic E-state index is 12.8. The molecule has 6 heteroatoms. The van der Waals surface area contributed by atoms with Crippen molar-refractivity contribution < 1.29 is 4.79 Å². The Morgan fingerprint density at radius 2 is 2.20 bits per heavy atom. The Bertz CT molecular complexity index is 480. The van der Waals surface area contributed by atoms with E-state index in [0.29, 0.717) is 17.3 Å². The Morgan fingerprint density at radius 1 is 1.50 bits per heavy atom. The molecule has 20 heavy (non-hydrogen) atoms. The van der Waals surface area contributed by atoms with Gasteiger partial charge < -0.3 is 10.6 Å². The van der Waals surface area contributed by atoms with Gasteiger partial charge in [-0.25, -0.2) is 0 Å². The minimum absolute atomic E-state index is 0.0481. The normalized spacial score (nSPS) is 23.9. The van der Waals surface area contributed by atoms with Gasteiger partial charge in [0.05, 0.1) is 5.69 Å². The second-order valence-electron chi connectivity index (χ2n) is 6.62. The summed E-state index contributed by atoms with van der Waals surface area (Å²) in [5.74, 6) is 0.503. The van der Waals surface area contributed by atoms with Crippen molar-refractivity contribution in [2.24, 2.45) is 11.7 Å². The summed E-state index contributed by atoms with van der Waals surface area (Å²) in [5, 5.41) is 4.16. The van der Waals surface area contributed by atoms with Crippen LogP contribution in [0, 0.1) is 5.92 Å². The number of hydrogen-bond donors (Lipinski definition) is 1. The molecule has 2 rings (SSSR count). The van der Waals surface area contributed by atoms with Crippen LogP contribution in [0.3, 0.4) is 0 Å². The van der Waals surface area contributed by atoms with Gasteiger partial charge in [0.2, 0.25) is 0 Å². The number of nitrogens with two attached hydrogens (primary N) is 1. The molecule has 2 heterocycles. The summed E-state index contributed by atoms with van der Waals surface area (Å²) < 4.78 is 3.99. The van der Waals surface area contributed by atoms with E-state index in [1.165, 1.54) is 11.5 Å². The minimum Gasteiger partial charge on any atom is -0.333 e. The summed E-state index contributed by atoms with van der Waals surface area (Å²) in [6, 6.07) is 0.131. The molecule has 0 aliphatic carbocycles. The van der Waals surface area contributed by atoms with Gasteiger partial charge in [0.25, 0.3) is 5.91 Å². The van der Waals surface area contributed by atoms with Crippen molar-refractivity contribution in [1.29, 1.82) is 0 Å². The molecule has 5 nitrogen and oxygen atoms in total. The third kappa shape index (κ3) is 2.86. The van der Waals surface area contributed by atoms with E-state index in [1.807, 2.05) is 4.90 Å². The first kappa shape index (κ1) is 15.4. The predicted molar refractivity (Wildman–Crippen MR) is 80.9 cm³/mol. The van der Waals surface area contributed by atoms with Crippen LogP contribution in [0.25, 0.3) is 0 Å². The van der Waals surface area contributed by atoms with Gasteiger partial charge in [0, 0.05) is 24.5 Å². The first-order valence-electron chi connectivity index (χ1n) is 7.20. The lowest BCUT2D eigenvalue weighted by Gasteiger charge is -2.39. The minimum atomic E-state index is -0.169. The monoisotopic (exact) mass is 296 g/mol. The van der Waals surface area contributed by atoms with Gasteiger partial charge in [-0.15, -0.1) is 5.10 Å². The SMILES string of the molecule is CC1CCCN(C(=O)c2snnc2C(C)(C)C)C1CN. The lowest BCUT2D eigenvalue weighted by atomic mass is 9.89. The topological polar surface area (TPSA) is 72.1 Å². The van der Waals surface area contributed by atoms with Crippen molar-refractivity contribution in [2.45, 2.75) is 52.0 Å². The van der Waals surface area contributed by atoms with Gasteiger partial charge in [-0.2, -0.15) is 0 Å². The molecule has 2 unspecified atom stereocenters. The zero-order valence-corrected chi connectivity index (χ0v) is 13.5. The van der Waals surface area contributed by atoms with Crippen molar-refractivity contribution in [2.75, 3.05) is 13.1 Å². The lowest BCUT2D eigenvalue weighted by Crippen LogP contribution is -2.51. The van der Waals surface area contributed by atoms with Crippen molar-refractivity contribution in [1.82, 2.24) is 14.5 Å². The lowest BCUT2D eigenvalue weighted by molar-refractivity contribution is 0.0535. The Kier molecular flexibility index (Phi) is 4.44. The van der Waals surface area contributed by atoms with Gasteiger partial charge in [0.1, 0.15) is 4.88 Å². The summed E-state index contributed by atoms with van der Waals surface area (Å²) in [7, 11) is 0. The van der Waals surface area contributed by atoms with Crippen molar-refractivity contribution in [3.63, 3.8) is 0 Å². The number of likely N-dealkylation sites (tertiary alicyclic amines) is 1. The Hall–Kier alpha value is -1.01. The Labute approximate surface area is 124 Å². The molecule has 2 atom stereocenters. The molecular weight excluding hydrogens is 272 g/mol. The highest BCUT2D eigenvalue weighted by atomic mass is 32.1. The zero-order valence-electron chi connectivity index (χ0n) is 12.7. The average molecular weight is 296 g/mol. The van der Waals surface area contributed by atoms with E-state index in [4.69, 9.17) is 5.73 Å². The number of carbonyl (C=O) groups excluding carboxylic acids is 1. The number of carbonyl (C=O) groups is 1. The molecule has 2 N–H and O–H groups in total. The molecule has 1 aliphatic rings. The third-order valence-electron chi connectivity index (χ3n) is 4.01. The number of rotatable bonds is 2. The molecule has 112 valence electrons. The van der Waals surface area contributed by atoms with E-state index in [1.54, 1.807) is 0 Å². The number of piperidine rings is 1. The van der Waals surface area contributed by atoms with Crippen LogP contribution in [-0.2, 0) is 5.41 Å². The molecule has 1 aromatic rings. The van der Waals surface area contributed by atoms with Crippen molar-refractivity contribution in [3.05, 3.63) is 10.6 Å². The quantitative estimate of drug-likeness (QED) is 0.906. The summed E-state index contributed by atoms with van der Waals surface area (Å²) >= 11 is 1.20. The summed E-state index contributed by atoms with van der Waals surface area (Å²) in [6.45, 7) is 9.64. The third-order valence-corrected chi connectivity index (χ3v) is 4.72. The van der Waals surface area contributed by atoms with Crippen LogP contribution >= 0.6 is 11.5 Å². The fourth-order valence-corrected chi connectivity index (χ4v) is 3.65.